The van der Waals surface area contributed by atoms with E-state index in [1.165, 1.54) is 24.4 Å². The van der Waals surface area contributed by atoms with E-state index in [-0.39, 0.29) is 23.8 Å². The Morgan fingerprint density at radius 3 is 2.68 bits per heavy atom. The predicted molar refractivity (Wildman–Crippen MR) is 132 cm³/mol. The van der Waals surface area contributed by atoms with Gasteiger partial charge in [0.15, 0.2) is 6.61 Å². The van der Waals surface area contributed by atoms with Crippen molar-refractivity contribution < 1.29 is 19.2 Å². The summed E-state index contributed by atoms with van der Waals surface area (Å²) in [7, 11) is 0. The lowest BCUT2D eigenvalue weighted by Crippen LogP contribution is -2.21. The molecule has 0 bridgehead atoms. The van der Waals surface area contributed by atoms with Gasteiger partial charge in [0.25, 0.3) is 17.5 Å². The summed E-state index contributed by atoms with van der Waals surface area (Å²) >= 11 is 3.37. The van der Waals surface area contributed by atoms with Crippen LogP contribution < -0.4 is 15.5 Å². The number of hydrogen-bond acceptors (Lipinski definition) is 6. The first kappa shape index (κ1) is 24.6. The minimum absolute atomic E-state index is 0.0974. The highest BCUT2D eigenvalue weighted by molar-refractivity contribution is 9.10. The van der Waals surface area contributed by atoms with Gasteiger partial charge in [-0.1, -0.05) is 34.1 Å². The molecule has 0 aliphatic carbocycles. The maximum atomic E-state index is 12.4. The number of nitro benzene ring substituents is 1. The van der Waals surface area contributed by atoms with Gasteiger partial charge in [-0.25, -0.2) is 5.43 Å². The van der Waals surface area contributed by atoms with E-state index in [1.807, 2.05) is 32.0 Å². The third-order valence-electron chi connectivity index (χ3n) is 4.69. The van der Waals surface area contributed by atoms with Crippen molar-refractivity contribution in [1.82, 2.24) is 5.43 Å². The molecule has 0 saturated heterocycles. The summed E-state index contributed by atoms with van der Waals surface area (Å²) in [6.07, 6.45) is 1.36. The van der Waals surface area contributed by atoms with Crippen molar-refractivity contribution in [2.75, 3.05) is 11.9 Å². The summed E-state index contributed by atoms with van der Waals surface area (Å²) < 4.78 is 6.41. The van der Waals surface area contributed by atoms with Gasteiger partial charge in [-0.2, -0.15) is 5.10 Å². The van der Waals surface area contributed by atoms with Gasteiger partial charge >= 0.3 is 0 Å². The molecular formula is C24H21BrN4O5. The Labute approximate surface area is 204 Å². The number of hydrazone groups is 1. The number of carbonyl (C=O) groups is 2. The fourth-order valence-electron chi connectivity index (χ4n) is 2.94. The second kappa shape index (κ2) is 11.2. The minimum Gasteiger partial charge on any atom is -0.483 e. The first-order valence-electron chi connectivity index (χ1n) is 10.1. The molecule has 3 aromatic carbocycles. The van der Waals surface area contributed by atoms with Crippen LogP contribution in [0.15, 0.2) is 70.2 Å². The SMILES string of the molecule is Cc1ccc(C)c(NC(=O)COc2ccc(Br)cc2/C=N/NC(=O)c2cccc([N+](=O)[O-])c2)c1. The van der Waals surface area contributed by atoms with E-state index in [9.17, 15) is 19.7 Å². The number of benzene rings is 3. The Morgan fingerprint density at radius 1 is 1.12 bits per heavy atom. The zero-order valence-corrected chi connectivity index (χ0v) is 20.0. The van der Waals surface area contributed by atoms with Crippen molar-refractivity contribution in [2.24, 2.45) is 5.10 Å². The van der Waals surface area contributed by atoms with Crippen LogP contribution in [0.25, 0.3) is 0 Å². The maximum absolute atomic E-state index is 12.4. The number of nitrogens with zero attached hydrogens (tertiary/aromatic N) is 2. The fourth-order valence-corrected chi connectivity index (χ4v) is 3.32. The number of anilines is 1. The van der Waals surface area contributed by atoms with Gasteiger partial charge in [0.1, 0.15) is 5.75 Å². The minimum atomic E-state index is -0.606. The Kier molecular flexibility index (Phi) is 8.10. The van der Waals surface area contributed by atoms with Gasteiger partial charge in [0.05, 0.1) is 11.1 Å². The van der Waals surface area contributed by atoms with Crippen molar-refractivity contribution in [3.63, 3.8) is 0 Å². The Morgan fingerprint density at radius 2 is 1.91 bits per heavy atom. The fraction of sp³-hybridized carbons (Fsp3) is 0.125. The standard InChI is InChI=1S/C24H21BrN4O5/c1-15-6-7-16(2)21(10-15)27-23(30)14-34-22-9-8-19(25)11-18(22)13-26-28-24(31)17-4-3-5-20(12-17)29(32)33/h3-13H,14H2,1-2H3,(H,27,30)(H,28,31)/b26-13+. The van der Waals surface area contributed by atoms with E-state index in [1.54, 1.807) is 18.2 Å². The molecule has 0 spiro atoms. The van der Waals surface area contributed by atoms with Crippen LogP contribution in [0.4, 0.5) is 11.4 Å². The van der Waals surface area contributed by atoms with Crippen LogP contribution in [-0.4, -0.2) is 29.6 Å². The highest BCUT2D eigenvalue weighted by atomic mass is 79.9. The molecule has 0 fully saturated rings. The van der Waals surface area contributed by atoms with Crippen LogP contribution in [-0.2, 0) is 4.79 Å². The van der Waals surface area contributed by atoms with Gasteiger partial charge in [-0.15, -0.1) is 0 Å². The summed E-state index contributed by atoms with van der Waals surface area (Å²) in [5.74, 6) is -0.545. The van der Waals surface area contributed by atoms with Crippen LogP contribution in [0.1, 0.15) is 27.0 Å². The average molecular weight is 525 g/mol. The molecule has 0 radical (unpaired) electrons. The Balaban J connectivity index is 1.65. The van der Waals surface area contributed by atoms with Crippen LogP contribution in [0.5, 0.6) is 5.75 Å². The van der Waals surface area contributed by atoms with E-state index in [0.29, 0.717) is 11.3 Å². The Bertz CT molecular complexity index is 1280. The molecule has 0 atom stereocenters. The van der Waals surface area contributed by atoms with E-state index < -0.39 is 10.8 Å². The quantitative estimate of drug-likeness (QED) is 0.250. The molecule has 3 rings (SSSR count). The van der Waals surface area contributed by atoms with Crippen LogP contribution in [0.2, 0.25) is 0 Å². The summed E-state index contributed by atoms with van der Waals surface area (Å²) in [5, 5.41) is 17.6. The van der Waals surface area contributed by atoms with Crippen molar-refractivity contribution in [1.29, 1.82) is 0 Å². The van der Waals surface area contributed by atoms with E-state index >= 15 is 0 Å². The van der Waals surface area contributed by atoms with Gasteiger partial charge in [-0.05, 0) is 55.3 Å². The number of non-ortho nitro benzene ring substituents is 1. The van der Waals surface area contributed by atoms with E-state index in [2.05, 4.69) is 31.8 Å². The van der Waals surface area contributed by atoms with Crippen molar-refractivity contribution >= 4 is 45.3 Å². The van der Waals surface area contributed by atoms with Crippen molar-refractivity contribution in [2.45, 2.75) is 13.8 Å². The monoisotopic (exact) mass is 524 g/mol. The molecule has 0 unspecified atom stereocenters. The zero-order chi connectivity index (χ0) is 24.7. The molecule has 9 nitrogen and oxygen atoms in total. The number of amides is 2. The molecule has 34 heavy (non-hydrogen) atoms. The van der Waals surface area contributed by atoms with Gasteiger partial charge in [-0.3, -0.25) is 19.7 Å². The highest BCUT2D eigenvalue weighted by Gasteiger charge is 2.12. The smallest absolute Gasteiger partial charge is 0.271 e. The molecule has 2 N–H and O–H groups in total. The molecule has 0 aliphatic rings. The first-order chi connectivity index (χ1) is 16.2. The van der Waals surface area contributed by atoms with Crippen LogP contribution >= 0.6 is 15.9 Å². The number of nitro groups is 1. The van der Waals surface area contributed by atoms with Crippen molar-refractivity contribution in [3.8, 4) is 5.75 Å². The molecular weight excluding hydrogens is 504 g/mol. The molecule has 2 amide bonds. The van der Waals surface area contributed by atoms with Gasteiger partial charge in [0.2, 0.25) is 0 Å². The summed E-state index contributed by atoms with van der Waals surface area (Å²) in [6, 6.07) is 16.2. The summed E-state index contributed by atoms with van der Waals surface area (Å²) in [6.45, 7) is 3.62. The second-order valence-corrected chi connectivity index (χ2v) is 8.26. The molecule has 3 aromatic rings. The Hall–Kier alpha value is -4.05. The van der Waals surface area contributed by atoms with Crippen LogP contribution in [0, 0.1) is 24.0 Å². The number of halogens is 1. The maximum Gasteiger partial charge on any atom is 0.271 e. The summed E-state index contributed by atoms with van der Waals surface area (Å²) in [4.78, 5) is 34.9. The lowest BCUT2D eigenvalue weighted by molar-refractivity contribution is -0.384. The number of aryl methyl sites for hydroxylation is 2. The predicted octanol–water partition coefficient (Wildman–Crippen LogP) is 4.76. The molecule has 0 heterocycles. The average Bonchev–Trinajstić information content (AvgIpc) is 2.81. The van der Waals surface area contributed by atoms with Gasteiger partial charge < -0.3 is 10.1 Å². The van der Waals surface area contributed by atoms with E-state index in [4.69, 9.17) is 4.74 Å². The zero-order valence-electron chi connectivity index (χ0n) is 18.4. The van der Waals surface area contributed by atoms with Gasteiger partial charge in [0, 0.05) is 33.4 Å². The lowest BCUT2D eigenvalue weighted by atomic mass is 10.1. The third kappa shape index (κ3) is 6.72. The number of carbonyl (C=O) groups excluding carboxylic acids is 2. The van der Waals surface area contributed by atoms with E-state index in [0.717, 1.165) is 27.4 Å². The molecule has 0 aliphatic heterocycles. The first-order valence-corrected chi connectivity index (χ1v) is 10.9. The lowest BCUT2D eigenvalue weighted by Gasteiger charge is -2.12. The molecule has 0 aromatic heterocycles. The summed E-state index contributed by atoms with van der Waals surface area (Å²) in [5.41, 5.74) is 5.42. The number of ether oxygens (including phenoxy) is 1. The topological polar surface area (TPSA) is 123 Å². The number of nitrogens with one attached hydrogen (secondary N) is 2. The molecule has 10 heteroatoms. The number of rotatable bonds is 8. The normalized spacial score (nSPS) is 10.7. The number of hydrogen-bond donors (Lipinski definition) is 2. The van der Waals surface area contributed by atoms with Crippen molar-refractivity contribution in [3.05, 3.63) is 97.5 Å². The van der Waals surface area contributed by atoms with Crippen LogP contribution in [0.3, 0.4) is 0 Å². The second-order valence-electron chi connectivity index (χ2n) is 7.34. The highest BCUT2D eigenvalue weighted by Crippen LogP contribution is 2.22. The third-order valence-corrected chi connectivity index (χ3v) is 5.18. The molecule has 0 saturated carbocycles. The molecule has 174 valence electrons. The largest absolute Gasteiger partial charge is 0.483 e.